The molecular weight excluding hydrogens is 558 g/mol. The second kappa shape index (κ2) is 9.69. The predicted octanol–water partition coefficient (Wildman–Crippen LogP) is 8.54. The highest BCUT2D eigenvalue weighted by molar-refractivity contribution is 7.98. The lowest BCUT2D eigenvalue weighted by Crippen LogP contribution is -2.25. The summed E-state index contributed by atoms with van der Waals surface area (Å²) in [6.07, 6.45) is -1.78. The predicted molar refractivity (Wildman–Crippen MR) is 147 cm³/mol. The molecule has 0 unspecified atom stereocenters. The average molecular weight is 582 g/mol. The van der Waals surface area contributed by atoms with Crippen molar-refractivity contribution in [3.8, 4) is 56.5 Å². The zero-order chi connectivity index (χ0) is 29.1. The maximum atomic E-state index is 14.2. The van der Waals surface area contributed by atoms with Crippen molar-refractivity contribution in [1.82, 2.24) is 14.8 Å². The van der Waals surface area contributed by atoms with E-state index in [-0.39, 0.29) is 17.2 Å². The van der Waals surface area contributed by atoms with Crippen LogP contribution in [0.3, 0.4) is 0 Å². The maximum absolute atomic E-state index is 14.2. The Kier molecular flexibility index (Phi) is 6.37. The number of thioether (sulfide) groups is 1. The molecular formula is C30H23F4N3O3S. The van der Waals surface area contributed by atoms with Crippen molar-refractivity contribution < 1.29 is 31.5 Å². The Hall–Kier alpha value is -4.25. The lowest BCUT2D eigenvalue weighted by Gasteiger charge is -2.13. The summed E-state index contributed by atoms with van der Waals surface area (Å²) < 4.78 is 72.5. The van der Waals surface area contributed by atoms with Crippen LogP contribution in [0.15, 0.2) is 76.0 Å². The molecule has 0 spiro atoms. The number of alkyl halides is 4. The number of aromatic nitrogens is 3. The summed E-state index contributed by atoms with van der Waals surface area (Å²) >= 11 is 1.61. The number of ether oxygens (including phenoxy) is 2. The van der Waals surface area contributed by atoms with Crippen LogP contribution in [0.5, 0.6) is 11.5 Å². The molecule has 0 saturated heterocycles. The SMILES string of the molecule is CSc1cccc(-c2ccc(-c3cc(C(C)(F)F)nn3C)c(-c3oc(C)nc3-c3ccc4c(c3)OC(F)(F)O4)c2)c1. The lowest BCUT2D eigenvalue weighted by atomic mass is 9.94. The Morgan fingerprint density at radius 3 is 2.34 bits per heavy atom. The van der Waals surface area contributed by atoms with Crippen molar-refractivity contribution in [2.45, 2.75) is 31.0 Å². The Morgan fingerprint density at radius 2 is 1.61 bits per heavy atom. The van der Waals surface area contributed by atoms with Gasteiger partial charge in [0.25, 0.3) is 5.92 Å². The van der Waals surface area contributed by atoms with E-state index in [9.17, 15) is 17.6 Å². The molecule has 0 aliphatic carbocycles. The number of benzene rings is 3. The summed E-state index contributed by atoms with van der Waals surface area (Å²) in [6.45, 7) is 2.46. The molecule has 0 saturated carbocycles. The van der Waals surface area contributed by atoms with Gasteiger partial charge in [0.05, 0.1) is 5.69 Å². The third kappa shape index (κ3) is 5.06. The van der Waals surface area contributed by atoms with E-state index >= 15 is 0 Å². The van der Waals surface area contributed by atoms with Gasteiger partial charge in [0.2, 0.25) is 0 Å². The summed E-state index contributed by atoms with van der Waals surface area (Å²) in [6, 6.07) is 19.3. The fourth-order valence-corrected chi connectivity index (χ4v) is 5.23. The molecule has 0 atom stereocenters. The van der Waals surface area contributed by atoms with Crippen molar-refractivity contribution in [2.24, 2.45) is 7.05 Å². The highest BCUT2D eigenvalue weighted by Gasteiger charge is 2.43. The highest BCUT2D eigenvalue weighted by atomic mass is 32.2. The summed E-state index contributed by atoms with van der Waals surface area (Å²) in [4.78, 5) is 5.63. The standard InChI is InChI=1S/C30H23F4N3O3S/c1-16-35-27(19-9-11-24-25(14-19)40-30(33,34)39-24)28(38-16)22-13-18(17-6-5-7-20(12-17)41-4)8-10-21(22)23-15-26(29(2,31)32)36-37(23)3/h5-15H,1-4H3. The topological polar surface area (TPSA) is 62.3 Å². The summed E-state index contributed by atoms with van der Waals surface area (Å²) in [5.41, 5.74) is 3.81. The number of hydrogen-bond acceptors (Lipinski definition) is 6. The van der Waals surface area contributed by atoms with Gasteiger partial charge in [0.15, 0.2) is 23.1 Å². The third-order valence-electron chi connectivity index (χ3n) is 6.68. The molecule has 1 aliphatic heterocycles. The number of hydrogen-bond donors (Lipinski definition) is 0. The van der Waals surface area contributed by atoms with Crippen LogP contribution in [0, 0.1) is 6.92 Å². The van der Waals surface area contributed by atoms with Crippen molar-refractivity contribution in [3.63, 3.8) is 0 Å². The summed E-state index contributed by atoms with van der Waals surface area (Å²) in [7, 11) is 1.59. The molecule has 3 aromatic carbocycles. The van der Waals surface area contributed by atoms with Crippen LogP contribution in [0.1, 0.15) is 18.5 Å². The van der Waals surface area contributed by atoms with Gasteiger partial charge in [-0.1, -0.05) is 24.3 Å². The smallest absolute Gasteiger partial charge is 0.440 e. The molecule has 11 heteroatoms. The van der Waals surface area contributed by atoms with Gasteiger partial charge in [-0.3, -0.25) is 4.68 Å². The first-order valence-electron chi connectivity index (χ1n) is 12.5. The van der Waals surface area contributed by atoms with E-state index in [0.29, 0.717) is 39.7 Å². The average Bonchev–Trinajstić information content (AvgIpc) is 3.60. The Balaban J connectivity index is 1.56. The van der Waals surface area contributed by atoms with Crippen LogP contribution in [-0.2, 0) is 13.0 Å². The van der Waals surface area contributed by atoms with Crippen LogP contribution in [0.25, 0.3) is 45.0 Å². The molecule has 0 amide bonds. The van der Waals surface area contributed by atoms with Crippen LogP contribution in [0.4, 0.5) is 17.6 Å². The minimum absolute atomic E-state index is 0.0974. The largest absolute Gasteiger partial charge is 0.586 e. The first-order valence-corrected chi connectivity index (χ1v) is 13.7. The molecule has 0 N–H and O–H groups in total. The summed E-state index contributed by atoms with van der Waals surface area (Å²) in [5.74, 6) is -2.72. The number of rotatable bonds is 6. The maximum Gasteiger partial charge on any atom is 0.586 e. The van der Waals surface area contributed by atoms with Crippen molar-refractivity contribution in [3.05, 3.63) is 78.3 Å². The molecule has 0 radical (unpaired) electrons. The van der Waals surface area contributed by atoms with E-state index in [2.05, 4.69) is 19.6 Å². The van der Waals surface area contributed by atoms with E-state index in [1.54, 1.807) is 31.8 Å². The van der Waals surface area contributed by atoms with E-state index in [4.69, 9.17) is 4.42 Å². The van der Waals surface area contributed by atoms with Gasteiger partial charge in [-0.05, 0) is 59.8 Å². The Labute approximate surface area is 236 Å². The van der Waals surface area contributed by atoms with Gasteiger partial charge in [-0.15, -0.1) is 20.5 Å². The van der Waals surface area contributed by atoms with Crippen molar-refractivity contribution >= 4 is 11.8 Å². The van der Waals surface area contributed by atoms with E-state index in [0.717, 1.165) is 22.9 Å². The lowest BCUT2D eigenvalue weighted by molar-refractivity contribution is -0.286. The fourth-order valence-electron chi connectivity index (χ4n) is 4.77. The second-order valence-corrected chi connectivity index (χ2v) is 10.5. The second-order valence-electron chi connectivity index (χ2n) is 9.66. The van der Waals surface area contributed by atoms with Gasteiger partial charge in [0, 0.05) is 42.5 Å². The highest BCUT2D eigenvalue weighted by Crippen LogP contribution is 2.46. The van der Waals surface area contributed by atoms with Crippen LogP contribution < -0.4 is 9.47 Å². The molecule has 0 bridgehead atoms. The molecule has 2 aromatic heterocycles. The first-order chi connectivity index (χ1) is 19.4. The molecule has 6 rings (SSSR count). The van der Waals surface area contributed by atoms with Crippen molar-refractivity contribution in [2.75, 3.05) is 6.26 Å². The minimum atomic E-state index is -3.77. The number of nitrogens with zero attached hydrogens (tertiary/aromatic N) is 3. The zero-order valence-corrected chi connectivity index (χ0v) is 23.2. The monoisotopic (exact) mass is 581 g/mol. The van der Waals surface area contributed by atoms with E-state index < -0.39 is 12.2 Å². The van der Waals surface area contributed by atoms with E-state index in [1.807, 2.05) is 48.7 Å². The van der Waals surface area contributed by atoms with Crippen LogP contribution in [-0.4, -0.2) is 27.3 Å². The third-order valence-corrected chi connectivity index (χ3v) is 7.41. The van der Waals surface area contributed by atoms with Gasteiger partial charge < -0.3 is 13.9 Å². The Morgan fingerprint density at radius 1 is 0.878 bits per heavy atom. The quantitative estimate of drug-likeness (QED) is 0.148. The van der Waals surface area contributed by atoms with Gasteiger partial charge in [-0.2, -0.15) is 13.9 Å². The molecule has 41 heavy (non-hydrogen) atoms. The van der Waals surface area contributed by atoms with E-state index in [1.165, 1.54) is 22.9 Å². The molecule has 5 aromatic rings. The van der Waals surface area contributed by atoms with Crippen LogP contribution >= 0.6 is 11.8 Å². The number of halogens is 4. The molecule has 1 aliphatic rings. The first kappa shape index (κ1) is 26.9. The molecule has 210 valence electrons. The van der Waals surface area contributed by atoms with Gasteiger partial charge in [-0.25, -0.2) is 4.98 Å². The molecule has 3 heterocycles. The normalized spacial score (nSPS) is 14.0. The number of fused-ring (bicyclic) bond motifs is 1. The zero-order valence-electron chi connectivity index (χ0n) is 22.3. The Bertz CT molecular complexity index is 1790. The van der Waals surface area contributed by atoms with Gasteiger partial charge >= 0.3 is 6.29 Å². The molecule has 0 fully saturated rings. The summed E-state index contributed by atoms with van der Waals surface area (Å²) in [5, 5.41) is 4.05. The fraction of sp³-hybridized carbons (Fsp3) is 0.200. The number of oxazole rings is 1. The van der Waals surface area contributed by atoms with Crippen LogP contribution in [0.2, 0.25) is 0 Å². The minimum Gasteiger partial charge on any atom is -0.440 e. The van der Waals surface area contributed by atoms with Crippen molar-refractivity contribution in [1.29, 1.82) is 0 Å². The number of aryl methyl sites for hydroxylation is 2. The molecule has 6 nitrogen and oxygen atoms in total. The van der Waals surface area contributed by atoms with Gasteiger partial charge in [0.1, 0.15) is 11.4 Å².